The minimum atomic E-state index is -3.49. The van der Waals surface area contributed by atoms with Crippen molar-refractivity contribution in [3.05, 3.63) is 28.8 Å². The minimum Gasteiger partial charge on any atom is -0.342 e. The molecule has 0 saturated carbocycles. The van der Waals surface area contributed by atoms with Crippen LogP contribution in [0.15, 0.2) is 18.2 Å². The maximum atomic E-state index is 12.4. The lowest BCUT2D eigenvalue weighted by Crippen LogP contribution is -2.41. The van der Waals surface area contributed by atoms with E-state index in [1.165, 1.54) is 4.31 Å². The highest BCUT2D eigenvalue weighted by atomic mass is 35.5. The van der Waals surface area contributed by atoms with Gasteiger partial charge in [0.25, 0.3) is 0 Å². The molecule has 1 heterocycles. The van der Waals surface area contributed by atoms with E-state index < -0.39 is 10.0 Å². The fourth-order valence-corrected chi connectivity index (χ4v) is 4.25. The van der Waals surface area contributed by atoms with Crippen LogP contribution in [0, 0.1) is 12.8 Å². The molecule has 1 saturated heterocycles. The summed E-state index contributed by atoms with van der Waals surface area (Å²) in [6, 6.07) is 5.16. The molecule has 134 valence electrons. The molecule has 1 aromatic carbocycles. The van der Waals surface area contributed by atoms with Crippen molar-refractivity contribution in [3.63, 3.8) is 0 Å². The molecule has 0 radical (unpaired) electrons. The van der Waals surface area contributed by atoms with Crippen LogP contribution in [0.5, 0.6) is 0 Å². The first-order valence-electron chi connectivity index (χ1n) is 8.20. The zero-order valence-corrected chi connectivity index (χ0v) is 16.0. The number of carbonyl (C=O) groups is 1. The summed E-state index contributed by atoms with van der Waals surface area (Å²) in [6.45, 7) is 5.57. The molecule has 1 aliphatic heterocycles. The molecule has 2 rings (SSSR count). The Morgan fingerprint density at radius 2 is 2.12 bits per heavy atom. The third kappa shape index (κ3) is 4.63. The van der Waals surface area contributed by atoms with E-state index >= 15 is 0 Å². The van der Waals surface area contributed by atoms with E-state index in [2.05, 4.69) is 6.92 Å². The van der Waals surface area contributed by atoms with Gasteiger partial charge in [-0.15, -0.1) is 0 Å². The highest BCUT2D eigenvalue weighted by Gasteiger charge is 2.24. The van der Waals surface area contributed by atoms with Gasteiger partial charge in [-0.05, 0) is 43.4 Å². The normalized spacial score (nSPS) is 18.5. The van der Waals surface area contributed by atoms with Crippen molar-refractivity contribution >= 4 is 33.2 Å². The number of amides is 1. The molecule has 1 amide bonds. The smallest absolute Gasteiger partial charge is 0.232 e. The van der Waals surface area contributed by atoms with Gasteiger partial charge >= 0.3 is 0 Å². The molecule has 5 nitrogen and oxygen atoms in total. The average Bonchev–Trinajstić information content (AvgIpc) is 2.50. The maximum Gasteiger partial charge on any atom is 0.232 e. The van der Waals surface area contributed by atoms with Crippen LogP contribution in [-0.4, -0.2) is 45.1 Å². The Balaban J connectivity index is 2.13. The second-order valence-corrected chi connectivity index (χ2v) is 8.87. The Kier molecular flexibility index (Phi) is 6.15. The molecular weight excluding hydrogens is 348 g/mol. The van der Waals surface area contributed by atoms with Gasteiger partial charge in [-0.3, -0.25) is 9.10 Å². The zero-order valence-electron chi connectivity index (χ0n) is 14.5. The van der Waals surface area contributed by atoms with Crippen LogP contribution in [0.4, 0.5) is 5.69 Å². The first kappa shape index (κ1) is 19.1. The first-order chi connectivity index (χ1) is 11.2. The van der Waals surface area contributed by atoms with Gasteiger partial charge in [0.1, 0.15) is 0 Å². The highest BCUT2D eigenvalue weighted by molar-refractivity contribution is 7.92. The largest absolute Gasteiger partial charge is 0.342 e. The summed E-state index contributed by atoms with van der Waals surface area (Å²) in [7, 11) is -3.49. The van der Waals surface area contributed by atoms with Gasteiger partial charge in [0.05, 0.1) is 11.9 Å². The van der Waals surface area contributed by atoms with Crippen molar-refractivity contribution in [2.75, 3.05) is 30.2 Å². The third-order valence-corrected chi connectivity index (χ3v) is 6.04. The lowest BCUT2D eigenvalue weighted by atomic mass is 10.00. The van der Waals surface area contributed by atoms with Gasteiger partial charge < -0.3 is 4.90 Å². The number of benzene rings is 1. The molecule has 0 spiro atoms. The Labute approximate surface area is 149 Å². The topological polar surface area (TPSA) is 57.7 Å². The van der Waals surface area contributed by atoms with Crippen LogP contribution < -0.4 is 4.31 Å². The predicted octanol–water partition coefficient (Wildman–Crippen LogP) is 3.06. The number of rotatable bonds is 5. The molecule has 1 aromatic rings. The van der Waals surface area contributed by atoms with Crippen LogP contribution >= 0.6 is 11.6 Å². The Morgan fingerprint density at radius 3 is 2.75 bits per heavy atom. The van der Waals surface area contributed by atoms with E-state index in [0.717, 1.165) is 32.2 Å². The fraction of sp³-hybridized carbons (Fsp3) is 0.588. The number of halogens is 1. The zero-order chi connectivity index (χ0) is 17.9. The highest BCUT2D eigenvalue weighted by Crippen LogP contribution is 2.28. The molecule has 0 N–H and O–H groups in total. The van der Waals surface area contributed by atoms with Gasteiger partial charge in [0.2, 0.25) is 15.9 Å². The standard InChI is InChI=1S/C17H25ClN2O3S/c1-13-6-5-10-19(12-13)17(21)9-11-20(24(3,22)23)16-8-4-7-15(18)14(16)2/h4,7-8,13H,5-6,9-12H2,1-3H3. The van der Waals surface area contributed by atoms with E-state index in [-0.39, 0.29) is 18.9 Å². The summed E-state index contributed by atoms with van der Waals surface area (Å²) in [5.41, 5.74) is 1.23. The average molecular weight is 373 g/mol. The molecule has 1 unspecified atom stereocenters. The van der Waals surface area contributed by atoms with E-state index in [9.17, 15) is 13.2 Å². The number of carbonyl (C=O) groups excluding carboxylic acids is 1. The minimum absolute atomic E-state index is 0.00915. The maximum absolute atomic E-state index is 12.4. The summed E-state index contributed by atoms with van der Waals surface area (Å²) < 4.78 is 25.7. The lowest BCUT2D eigenvalue weighted by molar-refractivity contribution is -0.132. The predicted molar refractivity (Wildman–Crippen MR) is 98.0 cm³/mol. The van der Waals surface area contributed by atoms with Crippen molar-refractivity contribution in [2.24, 2.45) is 5.92 Å². The second kappa shape index (κ2) is 7.74. The summed E-state index contributed by atoms with van der Waals surface area (Å²) in [5, 5.41) is 0.511. The number of sulfonamides is 1. The molecule has 1 aliphatic rings. The number of hydrogen-bond donors (Lipinski definition) is 0. The SMILES string of the molecule is Cc1c(Cl)cccc1N(CCC(=O)N1CCCC(C)C1)S(C)(=O)=O. The molecule has 0 bridgehead atoms. The van der Waals surface area contributed by atoms with Crippen molar-refractivity contribution in [2.45, 2.75) is 33.1 Å². The molecule has 7 heteroatoms. The van der Waals surface area contributed by atoms with Crippen molar-refractivity contribution < 1.29 is 13.2 Å². The second-order valence-electron chi connectivity index (χ2n) is 6.56. The van der Waals surface area contributed by atoms with Crippen LogP contribution in [0.1, 0.15) is 31.7 Å². The number of nitrogens with zero attached hydrogens (tertiary/aromatic N) is 2. The summed E-state index contributed by atoms with van der Waals surface area (Å²) >= 11 is 6.11. The van der Waals surface area contributed by atoms with Gasteiger partial charge in [0.15, 0.2) is 0 Å². The Bertz CT molecular complexity index is 706. The summed E-state index contributed by atoms with van der Waals surface area (Å²) in [5.74, 6) is 0.513. The van der Waals surface area contributed by atoms with Crippen LogP contribution in [0.2, 0.25) is 5.02 Å². The number of likely N-dealkylation sites (tertiary alicyclic amines) is 1. The monoisotopic (exact) mass is 372 g/mol. The fourth-order valence-electron chi connectivity index (χ4n) is 3.10. The molecule has 0 aliphatic carbocycles. The molecule has 1 atom stereocenters. The van der Waals surface area contributed by atoms with Crippen molar-refractivity contribution in [1.82, 2.24) is 4.90 Å². The third-order valence-electron chi connectivity index (χ3n) is 4.45. The van der Waals surface area contributed by atoms with Gasteiger partial charge in [0, 0.05) is 31.1 Å². The molecule has 1 fully saturated rings. The molecule has 24 heavy (non-hydrogen) atoms. The van der Waals surface area contributed by atoms with Gasteiger partial charge in [-0.2, -0.15) is 0 Å². The molecule has 0 aromatic heterocycles. The van der Waals surface area contributed by atoms with E-state index in [1.54, 1.807) is 25.1 Å². The lowest BCUT2D eigenvalue weighted by Gasteiger charge is -2.32. The number of piperidine rings is 1. The van der Waals surface area contributed by atoms with Crippen LogP contribution in [-0.2, 0) is 14.8 Å². The molecular formula is C17H25ClN2O3S. The quantitative estimate of drug-likeness (QED) is 0.798. The van der Waals surface area contributed by atoms with Crippen LogP contribution in [0.3, 0.4) is 0 Å². The first-order valence-corrected chi connectivity index (χ1v) is 10.4. The Hall–Kier alpha value is -1.27. The van der Waals surface area contributed by atoms with Gasteiger partial charge in [-0.1, -0.05) is 24.6 Å². The van der Waals surface area contributed by atoms with Crippen molar-refractivity contribution in [3.8, 4) is 0 Å². The van der Waals surface area contributed by atoms with E-state index in [4.69, 9.17) is 11.6 Å². The summed E-state index contributed by atoms with van der Waals surface area (Å²) in [6.07, 6.45) is 3.48. The number of anilines is 1. The van der Waals surface area contributed by atoms with Crippen molar-refractivity contribution in [1.29, 1.82) is 0 Å². The number of hydrogen-bond acceptors (Lipinski definition) is 3. The Morgan fingerprint density at radius 1 is 1.42 bits per heavy atom. The van der Waals surface area contributed by atoms with E-state index in [0.29, 0.717) is 22.2 Å². The van der Waals surface area contributed by atoms with Crippen LogP contribution in [0.25, 0.3) is 0 Å². The van der Waals surface area contributed by atoms with E-state index in [1.807, 2.05) is 4.90 Å². The summed E-state index contributed by atoms with van der Waals surface area (Å²) in [4.78, 5) is 14.3. The van der Waals surface area contributed by atoms with Gasteiger partial charge in [-0.25, -0.2) is 8.42 Å².